The number of methoxy groups -OCH3 is 1. The SMILES string of the molecule is COc1ccc(CN2CC[C@@H](O)C2)cc1. The van der Waals surface area contributed by atoms with Gasteiger partial charge in [-0.2, -0.15) is 0 Å². The molecule has 82 valence electrons. The molecule has 2 rings (SSSR count). The second kappa shape index (κ2) is 4.64. The van der Waals surface area contributed by atoms with E-state index in [0.29, 0.717) is 0 Å². The van der Waals surface area contributed by atoms with Gasteiger partial charge in [0, 0.05) is 19.6 Å². The van der Waals surface area contributed by atoms with Crippen molar-refractivity contribution >= 4 is 0 Å². The molecule has 0 radical (unpaired) electrons. The van der Waals surface area contributed by atoms with E-state index in [4.69, 9.17) is 4.74 Å². The number of β-amino-alcohol motifs (C(OH)–C–C–N with tert-alkyl or cyclic N) is 1. The summed E-state index contributed by atoms with van der Waals surface area (Å²) in [5, 5.41) is 9.40. The Bertz CT molecular complexity index is 310. The van der Waals surface area contributed by atoms with Gasteiger partial charge in [0.2, 0.25) is 0 Å². The minimum Gasteiger partial charge on any atom is -0.497 e. The van der Waals surface area contributed by atoms with Gasteiger partial charge in [-0.1, -0.05) is 12.1 Å². The quantitative estimate of drug-likeness (QED) is 0.810. The molecule has 1 aromatic rings. The second-order valence-electron chi connectivity index (χ2n) is 4.03. The first-order valence-electron chi connectivity index (χ1n) is 5.31. The van der Waals surface area contributed by atoms with E-state index in [-0.39, 0.29) is 6.10 Å². The standard InChI is InChI=1S/C12H17NO2/c1-15-12-4-2-10(3-5-12)8-13-7-6-11(14)9-13/h2-5,11,14H,6-9H2,1H3/t11-/m1/s1. The lowest BCUT2D eigenvalue weighted by Crippen LogP contribution is -2.21. The Hall–Kier alpha value is -1.06. The first-order valence-corrected chi connectivity index (χ1v) is 5.31. The van der Waals surface area contributed by atoms with Crippen molar-refractivity contribution < 1.29 is 9.84 Å². The van der Waals surface area contributed by atoms with Crippen molar-refractivity contribution in [2.75, 3.05) is 20.2 Å². The van der Waals surface area contributed by atoms with Crippen molar-refractivity contribution in [1.82, 2.24) is 4.90 Å². The molecule has 1 aliphatic heterocycles. The molecular weight excluding hydrogens is 190 g/mol. The van der Waals surface area contributed by atoms with Crippen molar-refractivity contribution in [3.05, 3.63) is 29.8 Å². The predicted octanol–water partition coefficient (Wildman–Crippen LogP) is 1.26. The zero-order chi connectivity index (χ0) is 10.7. The minimum absolute atomic E-state index is 0.136. The number of hydrogen-bond donors (Lipinski definition) is 1. The maximum absolute atomic E-state index is 9.40. The maximum atomic E-state index is 9.40. The summed E-state index contributed by atoms with van der Waals surface area (Å²) >= 11 is 0. The van der Waals surface area contributed by atoms with Gasteiger partial charge in [0.25, 0.3) is 0 Å². The van der Waals surface area contributed by atoms with Gasteiger partial charge in [-0.25, -0.2) is 0 Å². The van der Waals surface area contributed by atoms with Crippen LogP contribution in [0.4, 0.5) is 0 Å². The van der Waals surface area contributed by atoms with E-state index in [1.807, 2.05) is 12.1 Å². The zero-order valence-corrected chi connectivity index (χ0v) is 9.02. The smallest absolute Gasteiger partial charge is 0.118 e. The van der Waals surface area contributed by atoms with Gasteiger partial charge in [0.1, 0.15) is 5.75 Å². The fourth-order valence-corrected chi connectivity index (χ4v) is 1.94. The van der Waals surface area contributed by atoms with E-state index >= 15 is 0 Å². The van der Waals surface area contributed by atoms with Crippen LogP contribution in [-0.4, -0.2) is 36.3 Å². The van der Waals surface area contributed by atoms with Gasteiger partial charge in [0.05, 0.1) is 13.2 Å². The summed E-state index contributed by atoms with van der Waals surface area (Å²) in [4.78, 5) is 2.27. The van der Waals surface area contributed by atoms with Crippen LogP contribution in [-0.2, 0) is 6.54 Å². The summed E-state index contributed by atoms with van der Waals surface area (Å²) in [5.74, 6) is 0.889. The molecule has 0 amide bonds. The number of nitrogens with zero attached hydrogens (tertiary/aromatic N) is 1. The Kier molecular flexibility index (Phi) is 3.23. The van der Waals surface area contributed by atoms with E-state index in [1.54, 1.807) is 7.11 Å². The Labute approximate surface area is 90.3 Å². The van der Waals surface area contributed by atoms with Crippen molar-refractivity contribution in [2.24, 2.45) is 0 Å². The number of rotatable bonds is 3. The largest absolute Gasteiger partial charge is 0.497 e. The zero-order valence-electron chi connectivity index (χ0n) is 9.02. The molecule has 0 aliphatic carbocycles. The molecule has 1 saturated heterocycles. The van der Waals surface area contributed by atoms with E-state index in [1.165, 1.54) is 5.56 Å². The van der Waals surface area contributed by atoms with Crippen LogP contribution >= 0.6 is 0 Å². The van der Waals surface area contributed by atoms with Crippen LogP contribution in [0.3, 0.4) is 0 Å². The number of aliphatic hydroxyl groups excluding tert-OH is 1. The Morgan fingerprint density at radius 1 is 1.40 bits per heavy atom. The third-order valence-electron chi connectivity index (χ3n) is 2.81. The molecule has 0 aromatic heterocycles. The number of benzene rings is 1. The van der Waals surface area contributed by atoms with Gasteiger partial charge in [-0.3, -0.25) is 4.90 Å². The molecular formula is C12H17NO2. The molecule has 1 atom stereocenters. The highest BCUT2D eigenvalue weighted by molar-refractivity contribution is 5.27. The number of hydrogen-bond acceptors (Lipinski definition) is 3. The lowest BCUT2D eigenvalue weighted by Gasteiger charge is -2.14. The van der Waals surface area contributed by atoms with Crippen molar-refractivity contribution in [3.8, 4) is 5.75 Å². The molecule has 0 saturated carbocycles. The van der Waals surface area contributed by atoms with Crippen LogP contribution in [0.2, 0.25) is 0 Å². The summed E-state index contributed by atoms with van der Waals surface area (Å²) < 4.78 is 5.10. The maximum Gasteiger partial charge on any atom is 0.118 e. The second-order valence-corrected chi connectivity index (χ2v) is 4.03. The lowest BCUT2D eigenvalue weighted by atomic mass is 10.2. The summed E-state index contributed by atoms with van der Waals surface area (Å²) in [6.07, 6.45) is 0.763. The number of ether oxygens (including phenoxy) is 1. The highest BCUT2D eigenvalue weighted by atomic mass is 16.5. The normalized spacial score (nSPS) is 21.9. The first kappa shape index (κ1) is 10.5. The highest BCUT2D eigenvalue weighted by Crippen LogP contribution is 2.16. The molecule has 3 nitrogen and oxygen atoms in total. The lowest BCUT2D eigenvalue weighted by molar-refractivity contribution is 0.175. The number of likely N-dealkylation sites (tertiary alicyclic amines) is 1. The molecule has 1 heterocycles. The molecule has 1 aliphatic rings. The Morgan fingerprint density at radius 3 is 2.67 bits per heavy atom. The van der Waals surface area contributed by atoms with E-state index in [9.17, 15) is 5.11 Å². The van der Waals surface area contributed by atoms with Crippen LogP contribution in [0.25, 0.3) is 0 Å². The number of aliphatic hydroxyl groups is 1. The summed E-state index contributed by atoms with van der Waals surface area (Å²) in [6, 6.07) is 8.09. The molecule has 0 bridgehead atoms. The van der Waals surface area contributed by atoms with Crippen LogP contribution < -0.4 is 4.74 Å². The van der Waals surface area contributed by atoms with Crippen LogP contribution in [0.5, 0.6) is 5.75 Å². The van der Waals surface area contributed by atoms with Gasteiger partial charge in [-0.15, -0.1) is 0 Å². The fraction of sp³-hybridized carbons (Fsp3) is 0.500. The molecule has 3 heteroatoms. The van der Waals surface area contributed by atoms with Gasteiger partial charge < -0.3 is 9.84 Å². The topological polar surface area (TPSA) is 32.7 Å². The van der Waals surface area contributed by atoms with Gasteiger partial charge in [-0.05, 0) is 24.1 Å². The molecule has 1 aromatic carbocycles. The predicted molar refractivity (Wildman–Crippen MR) is 58.9 cm³/mol. The molecule has 15 heavy (non-hydrogen) atoms. The average Bonchev–Trinajstić information content (AvgIpc) is 2.65. The van der Waals surface area contributed by atoms with E-state index in [2.05, 4.69) is 17.0 Å². The third-order valence-corrected chi connectivity index (χ3v) is 2.81. The minimum atomic E-state index is -0.136. The van der Waals surface area contributed by atoms with E-state index < -0.39 is 0 Å². The van der Waals surface area contributed by atoms with Crippen LogP contribution in [0, 0.1) is 0 Å². The fourth-order valence-electron chi connectivity index (χ4n) is 1.94. The summed E-state index contributed by atoms with van der Waals surface area (Å²) in [5.41, 5.74) is 1.27. The van der Waals surface area contributed by atoms with Crippen LogP contribution in [0.1, 0.15) is 12.0 Å². The van der Waals surface area contributed by atoms with Crippen molar-refractivity contribution in [2.45, 2.75) is 19.1 Å². The van der Waals surface area contributed by atoms with Gasteiger partial charge >= 0.3 is 0 Å². The molecule has 0 unspecified atom stereocenters. The average molecular weight is 207 g/mol. The van der Waals surface area contributed by atoms with Crippen molar-refractivity contribution in [1.29, 1.82) is 0 Å². The monoisotopic (exact) mass is 207 g/mol. The van der Waals surface area contributed by atoms with Crippen molar-refractivity contribution in [3.63, 3.8) is 0 Å². The summed E-state index contributed by atoms with van der Waals surface area (Å²) in [6.45, 7) is 2.71. The van der Waals surface area contributed by atoms with E-state index in [0.717, 1.165) is 31.8 Å². The molecule has 1 N–H and O–H groups in total. The van der Waals surface area contributed by atoms with Gasteiger partial charge in [0.15, 0.2) is 0 Å². The third kappa shape index (κ3) is 2.70. The molecule has 0 spiro atoms. The Morgan fingerprint density at radius 2 is 2.13 bits per heavy atom. The first-order chi connectivity index (χ1) is 7.28. The molecule has 1 fully saturated rings. The van der Waals surface area contributed by atoms with Crippen LogP contribution in [0.15, 0.2) is 24.3 Å². The summed E-state index contributed by atoms with van der Waals surface area (Å²) in [7, 11) is 1.67. The highest BCUT2D eigenvalue weighted by Gasteiger charge is 2.19. The Balaban J connectivity index is 1.93.